The first kappa shape index (κ1) is 11.5. The Bertz CT molecular complexity index is 417. The van der Waals surface area contributed by atoms with E-state index in [2.05, 4.69) is 15.5 Å². The molecule has 1 aromatic rings. The molecule has 1 aliphatic rings. The van der Waals surface area contributed by atoms with Gasteiger partial charge in [-0.2, -0.15) is 10.2 Å². The molecular formula is C11H13N3O3. The molecule has 1 heterocycles. The Morgan fingerprint density at radius 2 is 2.24 bits per heavy atom. The maximum Gasteiger partial charge on any atom is 0.305 e. The summed E-state index contributed by atoms with van der Waals surface area (Å²) in [5.74, 6) is -0.891. The van der Waals surface area contributed by atoms with E-state index < -0.39 is 5.97 Å². The van der Waals surface area contributed by atoms with E-state index in [0.717, 1.165) is 12.8 Å². The summed E-state index contributed by atoms with van der Waals surface area (Å²) in [6.07, 6.45) is 4.72. The van der Waals surface area contributed by atoms with Gasteiger partial charge in [-0.15, -0.1) is 0 Å². The molecule has 2 N–H and O–H groups in total. The highest BCUT2D eigenvalue weighted by molar-refractivity contribution is 5.94. The van der Waals surface area contributed by atoms with E-state index in [1.165, 1.54) is 12.4 Å². The largest absolute Gasteiger partial charge is 0.481 e. The van der Waals surface area contributed by atoms with E-state index in [0.29, 0.717) is 11.5 Å². The molecule has 0 saturated heterocycles. The van der Waals surface area contributed by atoms with Crippen molar-refractivity contribution in [1.29, 1.82) is 0 Å². The summed E-state index contributed by atoms with van der Waals surface area (Å²) in [5, 5.41) is 18.7. The van der Waals surface area contributed by atoms with Crippen LogP contribution in [0.4, 0.5) is 0 Å². The van der Waals surface area contributed by atoms with E-state index in [1.54, 1.807) is 6.07 Å². The minimum Gasteiger partial charge on any atom is -0.481 e. The molecule has 0 spiro atoms. The lowest BCUT2D eigenvalue weighted by molar-refractivity contribution is -0.137. The number of carboxylic acid groups (broad SMARTS) is 1. The van der Waals surface area contributed by atoms with Crippen LogP contribution < -0.4 is 5.32 Å². The Labute approximate surface area is 98.1 Å². The average Bonchev–Trinajstić information content (AvgIpc) is 3.12. The van der Waals surface area contributed by atoms with Gasteiger partial charge in [0.05, 0.1) is 24.4 Å². The van der Waals surface area contributed by atoms with Crippen LogP contribution in [0.1, 0.15) is 29.6 Å². The molecule has 1 aliphatic carbocycles. The van der Waals surface area contributed by atoms with Crippen LogP contribution in [-0.4, -0.2) is 33.2 Å². The van der Waals surface area contributed by atoms with Crippen LogP contribution in [0.5, 0.6) is 0 Å². The fraction of sp³-hybridized carbons (Fsp3) is 0.455. The highest BCUT2D eigenvalue weighted by atomic mass is 16.4. The average molecular weight is 235 g/mol. The standard InChI is InChI=1S/C11H13N3O3/c15-10(16)5-9(7-1-2-7)14-11(17)8-3-4-12-13-6-8/h3-4,6-7,9H,1-2,5H2,(H,14,17)(H,15,16). The molecule has 1 fully saturated rings. The van der Waals surface area contributed by atoms with Crippen LogP contribution in [0.3, 0.4) is 0 Å². The van der Waals surface area contributed by atoms with Crippen molar-refractivity contribution in [3.63, 3.8) is 0 Å². The van der Waals surface area contributed by atoms with E-state index in [1.807, 2.05) is 0 Å². The maximum atomic E-state index is 11.8. The van der Waals surface area contributed by atoms with Gasteiger partial charge < -0.3 is 10.4 Å². The fourth-order valence-corrected chi connectivity index (χ4v) is 1.70. The third-order valence-electron chi connectivity index (χ3n) is 2.75. The van der Waals surface area contributed by atoms with Crippen molar-refractivity contribution in [2.24, 2.45) is 5.92 Å². The van der Waals surface area contributed by atoms with Gasteiger partial charge in [-0.25, -0.2) is 0 Å². The zero-order valence-corrected chi connectivity index (χ0v) is 9.17. The van der Waals surface area contributed by atoms with Gasteiger partial charge in [0, 0.05) is 6.04 Å². The number of carbonyl (C=O) groups excluding carboxylic acids is 1. The second-order valence-corrected chi connectivity index (χ2v) is 4.15. The number of hydrogen-bond acceptors (Lipinski definition) is 4. The van der Waals surface area contributed by atoms with Gasteiger partial charge in [-0.05, 0) is 24.8 Å². The Morgan fingerprint density at radius 3 is 2.76 bits per heavy atom. The molecule has 0 aliphatic heterocycles. The molecule has 2 rings (SSSR count). The zero-order chi connectivity index (χ0) is 12.3. The highest BCUT2D eigenvalue weighted by Crippen LogP contribution is 2.34. The van der Waals surface area contributed by atoms with Crippen molar-refractivity contribution in [1.82, 2.24) is 15.5 Å². The van der Waals surface area contributed by atoms with Gasteiger partial charge in [-0.3, -0.25) is 9.59 Å². The number of aromatic nitrogens is 2. The van der Waals surface area contributed by atoms with Gasteiger partial charge in [0.2, 0.25) is 0 Å². The van der Waals surface area contributed by atoms with Crippen molar-refractivity contribution in [3.05, 3.63) is 24.0 Å². The zero-order valence-electron chi connectivity index (χ0n) is 9.17. The summed E-state index contributed by atoms with van der Waals surface area (Å²) in [6, 6.07) is 1.26. The molecule has 0 bridgehead atoms. The molecule has 0 radical (unpaired) electrons. The number of hydrogen-bond donors (Lipinski definition) is 2. The normalized spacial score (nSPS) is 16.2. The first-order valence-electron chi connectivity index (χ1n) is 5.46. The predicted molar refractivity (Wildman–Crippen MR) is 58.3 cm³/mol. The lowest BCUT2D eigenvalue weighted by atomic mass is 10.1. The van der Waals surface area contributed by atoms with Crippen molar-refractivity contribution >= 4 is 11.9 Å². The maximum absolute atomic E-state index is 11.8. The SMILES string of the molecule is O=C(O)CC(NC(=O)c1ccnnc1)C1CC1. The molecular weight excluding hydrogens is 222 g/mol. The van der Waals surface area contributed by atoms with E-state index >= 15 is 0 Å². The third-order valence-corrected chi connectivity index (χ3v) is 2.75. The van der Waals surface area contributed by atoms with Crippen LogP contribution in [-0.2, 0) is 4.79 Å². The Hall–Kier alpha value is -1.98. The quantitative estimate of drug-likeness (QED) is 0.773. The second-order valence-electron chi connectivity index (χ2n) is 4.15. The molecule has 1 saturated carbocycles. The first-order chi connectivity index (χ1) is 8.16. The highest BCUT2D eigenvalue weighted by Gasteiger charge is 2.33. The fourth-order valence-electron chi connectivity index (χ4n) is 1.70. The first-order valence-corrected chi connectivity index (χ1v) is 5.46. The van der Waals surface area contributed by atoms with Crippen LogP contribution in [0, 0.1) is 5.92 Å². The van der Waals surface area contributed by atoms with Crippen LogP contribution in [0.25, 0.3) is 0 Å². The van der Waals surface area contributed by atoms with E-state index in [-0.39, 0.29) is 18.4 Å². The molecule has 1 unspecified atom stereocenters. The summed E-state index contributed by atoms with van der Waals surface area (Å²) in [7, 11) is 0. The lowest BCUT2D eigenvalue weighted by Crippen LogP contribution is -2.38. The molecule has 1 aromatic heterocycles. The van der Waals surface area contributed by atoms with Gasteiger partial charge in [-0.1, -0.05) is 0 Å². The van der Waals surface area contributed by atoms with Crippen molar-refractivity contribution < 1.29 is 14.7 Å². The molecule has 0 aromatic carbocycles. The topological polar surface area (TPSA) is 92.2 Å². The van der Waals surface area contributed by atoms with Crippen LogP contribution >= 0.6 is 0 Å². The van der Waals surface area contributed by atoms with E-state index in [9.17, 15) is 9.59 Å². The van der Waals surface area contributed by atoms with Crippen LogP contribution in [0.15, 0.2) is 18.5 Å². The molecule has 6 heteroatoms. The summed E-state index contributed by atoms with van der Waals surface area (Å²) in [5.41, 5.74) is 0.399. The summed E-state index contributed by atoms with van der Waals surface area (Å²) in [4.78, 5) is 22.5. The minimum absolute atomic E-state index is 0.0328. The van der Waals surface area contributed by atoms with Gasteiger partial charge >= 0.3 is 5.97 Å². The second kappa shape index (κ2) is 4.90. The Morgan fingerprint density at radius 1 is 1.47 bits per heavy atom. The van der Waals surface area contributed by atoms with Crippen molar-refractivity contribution in [3.8, 4) is 0 Å². The molecule has 17 heavy (non-hydrogen) atoms. The molecule has 6 nitrogen and oxygen atoms in total. The van der Waals surface area contributed by atoms with E-state index in [4.69, 9.17) is 5.11 Å². The van der Waals surface area contributed by atoms with Gasteiger partial charge in [0.15, 0.2) is 0 Å². The van der Waals surface area contributed by atoms with Gasteiger partial charge in [0.1, 0.15) is 0 Å². The number of nitrogens with one attached hydrogen (secondary N) is 1. The smallest absolute Gasteiger partial charge is 0.305 e. The summed E-state index contributed by atoms with van der Waals surface area (Å²) in [6.45, 7) is 0. The number of carboxylic acids is 1. The number of nitrogens with zero attached hydrogens (tertiary/aromatic N) is 2. The van der Waals surface area contributed by atoms with Crippen molar-refractivity contribution in [2.75, 3.05) is 0 Å². The van der Waals surface area contributed by atoms with Crippen LogP contribution in [0.2, 0.25) is 0 Å². The Kier molecular flexibility index (Phi) is 3.32. The third kappa shape index (κ3) is 3.24. The summed E-state index contributed by atoms with van der Waals surface area (Å²) < 4.78 is 0. The number of aliphatic carboxylic acids is 1. The predicted octanol–water partition coefficient (Wildman–Crippen LogP) is 0.460. The number of carbonyl (C=O) groups is 2. The van der Waals surface area contributed by atoms with Crippen molar-refractivity contribution in [2.45, 2.75) is 25.3 Å². The molecule has 90 valence electrons. The monoisotopic (exact) mass is 235 g/mol. The molecule has 1 amide bonds. The minimum atomic E-state index is -0.893. The number of rotatable bonds is 5. The molecule has 1 atom stereocenters. The Balaban J connectivity index is 1.98. The lowest BCUT2D eigenvalue weighted by Gasteiger charge is -2.15. The van der Waals surface area contributed by atoms with Gasteiger partial charge in [0.25, 0.3) is 5.91 Å². The summed E-state index contributed by atoms with van der Waals surface area (Å²) >= 11 is 0. The number of amides is 1.